The van der Waals surface area contributed by atoms with Gasteiger partial charge in [-0.3, -0.25) is 15.2 Å². The van der Waals surface area contributed by atoms with Gasteiger partial charge >= 0.3 is 0 Å². The average Bonchev–Trinajstić information content (AvgIpc) is 3.04. The zero-order valence-corrected chi connectivity index (χ0v) is 14.0. The van der Waals surface area contributed by atoms with Crippen molar-refractivity contribution in [3.05, 3.63) is 21.4 Å². The van der Waals surface area contributed by atoms with Crippen LogP contribution in [0.15, 0.2) is 6.07 Å². The average molecular weight is 327 g/mol. The van der Waals surface area contributed by atoms with E-state index in [4.69, 9.17) is 17.0 Å². The summed E-state index contributed by atoms with van der Waals surface area (Å²) in [6.07, 6.45) is 4.27. The van der Waals surface area contributed by atoms with Gasteiger partial charge < -0.3 is 10.1 Å². The lowest BCUT2D eigenvalue weighted by atomic mass is 10.2. The van der Waals surface area contributed by atoms with E-state index in [1.165, 1.54) is 16.9 Å². The van der Waals surface area contributed by atoms with Crippen LogP contribution < -0.4 is 10.7 Å². The number of amides is 1. The summed E-state index contributed by atoms with van der Waals surface area (Å²) < 4.78 is 4.97. The Morgan fingerprint density at radius 1 is 1.52 bits per heavy atom. The van der Waals surface area contributed by atoms with E-state index in [0.717, 1.165) is 30.7 Å². The van der Waals surface area contributed by atoms with Crippen LogP contribution in [0, 0.1) is 0 Å². The van der Waals surface area contributed by atoms with Crippen LogP contribution in [0.1, 0.15) is 33.0 Å². The third-order valence-electron chi connectivity index (χ3n) is 3.35. The van der Waals surface area contributed by atoms with E-state index < -0.39 is 0 Å². The van der Waals surface area contributed by atoms with Crippen LogP contribution >= 0.6 is 23.6 Å². The van der Waals surface area contributed by atoms with E-state index >= 15 is 0 Å². The molecule has 116 valence electrons. The number of hydrogen-bond acceptors (Lipinski definition) is 4. The summed E-state index contributed by atoms with van der Waals surface area (Å²) >= 11 is 6.81. The molecule has 7 heteroatoms. The molecule has 1 amide bonds. The highest BCUT2D eigenvalue weighted by molar-refractivity contribution is 7.80. The van der Waals surface area contributed by atoms with Crippen LogP contribution in [-0.2, 0) is 17.6 Å². The van der Waals surface area contributed by atoms with Gasteiger partial charge in [0.1, 0.15) is 0 Å². The van der Waals surface area contributed by atoms with Crippen LogP contribution in [-0.4, -0.2) is 43.3 Å². The molecule has 0 bridgehead atoms. The molecule has 1 aromatic heterocycles. The van der Waals surface area contributed by atoms with E-state index in [1.807, 2.05) is 6.07 Å². The maximum atomic E-state index is 12.2. The highest BCUT2D eigenvalue weighted by Crippen LogP contribution is 2.30. The summed E-state index contributed by atoms with van der Waals surface area (Å²) in [5, 5.41) is 5.13. The molecule has 1 heterocycles. The highest BCUT2D eigenvalue weighted by atomic mass is 32.1. The van der Waals surface area contributed by atoms with Crippen molar-refractivity contribution in [2.45, 2.75) is 25.7 Å². The largest absolute Gasteiger partial charge is 0.385 e. The van der Waals surface area contributed by atoms with E-state index in [0.29, 0.717) is 11.7 Å². The molecule has 0 unspecified atom stereocenters. The molecule has 0 fully saturated rings. The smallest absolute Gasteiger partial charge is 0.279 e. The summed E-state index contributed by atoms with van der Waals surface area (Å²) in [6.45, 7) is 1.41. The minimum Gasteiger partial charge on any atom is -0.385 e. The number of thiophene rings is 1. The van der Waals surface area contributed by atoms with E-state index in [-0.39, 0.29) is 5.91 Å². The first-order valence-corrected chi connectivity index (χ1v) is 8.27. The highest BCUT2D eigenvalue weighted by Gasteiger charge is 2.19. The fourth-order valence-corrected chi connectivity index (χ4v) is 3.52. The summed E-state index contributed by atoms with van der Waals surface area (Å²) in [7, 11) is 3.41. The van der Waals surface area contributed by atoms with Gasteiger partial charge in [0.25, 0.3) is 5.91 Å². The number of rotatable bonds is 5. The maximum Gasteiger partial charge on any atom is 0.279 e. The second-order valence-corrected chi connectivity index (χ2v) is 6.51. The van der Waals surface area contributed by atoms with Crippen molar-refractivity contribution in [3.63, 3.8) is 0 Å². The molecular formula is C14H21N3O2S2. The van der Waals surface area contributed by atoms with Crippen molar-refractivity contribution in [2.75, 3.05) is 27.3 Å². The number of nitrogens with zero attached hydrogens (tertiary/aromatic N) is 1. The molecule has 5 nitrogen and oxygen atoms in total. The molecule has 0 radical (unpaired) electrons. The van der Waals surface area contributed by atoms with Gasteiger partial charge in [0.2, 0.25) is 0 Å². The van der Waals surface area contributed by atoms with Crippen LogP contribution in [0.5, 0.6) is 0 Å². The van der Waals surface area contributed by atoms with E-state index in [2.05, 4.69) is 10.7 Å². The monoisotopic (exact) mass is 327 g/mol. The Kier molecular flexibility index (Phi) is 5.96. The van der Waals surface area contributed by atoms with Crippen molar-refractivity contribution < 1.29 is 9.53 Å². The summed E-state index contributed by atoms with van der Waals surface area (Å²) in [6, 6.07) is 2.01. The summed E-state index contributed by atoms with van der Waals surface area (Å²) in [5.41, 5.74) is 4.12. The number of carbonyl (C=O) groups excluding carboxylic acids is 1. The predicted octanol–water partition coefficient (Wildman–Crippen LogP) is 1.72. The lowest BCUT2D eigenvalue weighted by molar-refractivity contribution is 0.0890. The molecule has 1 aromatic rings. The fraction of sp³-hybridized carbons (Fsp3) is 0.571. The molecule has 2 rings (SSSR count). The lowest BCUT2D eigenvalue weighted by Gasteiger charge is -2.21. The number of nitrogens with one attached hydrogen (secondary N) is 2. The Hall–Kier alpha value is -1.18. The maximum absolute atomic E-state index is 12.2. The minimum absolute atomic E-state index is 0.0991. The number of thiocarbonyl (C=S) groups is 1. The molecule has 0 aromatic carbocycles. The third-order valence-corrected chi connectivity index (χ3v) is 5.00. The van der Waals surface area contributed by atoms with Gasteiger partial charge in [0.15, 0.2) is 5.11 Å². The second kappa shape index (κ2) is 7.72. The fourth-order valence-electron chi connectivity index (χ4n) is 2.23. The van der Waals surface area contributed by atoms with Crippen LogP contribution in [0.25, 0.3) is 0 Å². The Morgan fingerprint density at radius 3 is 3.05 bits per heavy atom. The number of methoxy groups -OCH3 is 1. The van der Waals surface area contributed by atoms with Gasteiger partial charge in [-0.2, -0.15) is 0 Å². The Balaban J connectivity index is 1.79. The first-order valence-electron chi connectivity index (χ1n) is 7.05. The summed E-state index contributed by atoms with van der Waals surface area (Å²) in [5.74, 6) is -0.0991. The standard InChI is InChI=1S/C14H21N3O2S2/c1-17(14(20)15-7-4-8-19-2)16-13(18)12-9-10-5-3-6-11(10)21-12/h9H,3-8H2,1-2H3,(H,15,20)(H,16,18). The van der Waals surface area contributed by atoms with Crippen molar-refractivity contribution in [1.29, 1.82) is 0 Å². The van der Waals surface area contributed by atoms with Crippen LogP contribution in [0.4, 0.5) is 0 Å². The first kappa shape index (κ1) is 16.2. The van der Waals surface area contributed by atoms with Gasteiger partial charge in [0.05, 0.1) is 4.88 Å². The second-order valence-electron chi connectivity index (χ2n) is 4.99. The Bertz CT molecular complexity index is 495. The normalized spacial score (nSPS) is 12.9. The zero-order chi connectivity index (χ0) is 15.2. The third kappa shape index (κ3) is 4.39. The van der Waals surface area contributed by atoms with Gasteiger partial charge in [-0.25, -0.2) is 0 Å². The van der Waals surface area contributed by atoms with Crippen molar-refractivity contribution in [1.82, 2.24) is 15.8 Å². The molecule has 1 aliphatic carbocycles. The molecule has 0 atom stereocenters. The molecular weight excluding hydrogens is 306 g/mol. The number of aryl methyl sites for hydroxylation is 2. The molecule has 2 N–H and O–H groups in total. The van der Waals surface area contributed by atoms with Crippen LogP contribution in [0.3, 0.4) is 0 Å². The number of hydrazine groups is 1. The number of hydrogen-bond donors (Lipinski definition) is 2. The van der Waals surface area contributed by atoms with Crippen LogP contribution in [0.2, 0.25) is 0 Å². The molecule has 1 aliphatic rings. The van der Waals surface area contributed by atoms with Gasteiger partial charge in [-0.1, -0.05) is 0 Å². The van der Waals surface area contributed by atoms with Crippen molar-refractivity contribution in [3.8, 4) is 0 Å². The molecule has 0 saturated heterocycles. The predicted molar refractivity (Wildman–Crippen MR) is 88.7 cm³/mol. The van der Waals surface area contributed by atoms with E-state index in [1.54, 1.807) is 30.5 Å². The van der Waals surface area contributed by atoms with Crippen molar-refractivity contribution >= 4 is 34.6 Å². The molecule has 0 aliphatic heterocycles. The summed E-state index contributed by atoms with van der Waals surface area (Å²) in [4.78, 5) is 14.3. The molecule has 0 saturated carbocycles. The first-order chi connectivity index (χ1) is 10.1. The number of ether oxygens (including phenoxy) is 1. The molecule has 21 heavy (non-hydrogen) atoms. The zero-order valence-electron chi connectivity index (χ0n) is 12.4. The topological polar surface area (TPSA) is 53.6 Å². The number of carbonyl (C=O) groups is 1. The van der Waals surface area contributed by atoms with Gasteiger partial charge in [-0.15, -0.1) is 11.3 Å². The van der Waals surface area contributed by atoms with Gasteiger partial charge in [0, 0.05) is 32.2 Å². The lowest BCUT2D eigenvalue weighted by Crippen LogP contribution is -2.48. The van der Waals surface area contributed by atoms with E-state index in [9.17, 15) is 4.79 Å². The van der Waals surface area contributed by atoms with Gasteiger partial charge in [-0.05, 0) is 49.5 Å². The SMILES string of the molecule is COCCCNC(=S)N(C)NC(=O)c1cc2c(s1)CCC2. The minimum atomic E-state index is -0.0991. The Labute approximate surface area is 134 Å². The quantitative estimate of drug-likeness (QED) is 0.490. The number of fused-ring (bicyclic) bond motifs is 1. The van der Waals surface area contributed by atoms with Crippen molar-refractivity contribution in [2.24, 2.45) is 0 Å². The molecule has 0 spiro atoms. The Morgan fingerprint density at radius 2 is 2.33 bits per heavy atom.